The first-order valence-corrected chi connectivity index (χ1v) is 6.45. The van der Waals surface area contributed by atoms with E-state index in [1.54, 1.807) is 12.1 Å². The standard InChI is InChI=1S/C11H14ClNO2S/c1-2-3-4-11(13(14)15)16-10-7-5-9(12)6-8-10/h5-8,11H,2-4H2,1H3. The van der Waals surface area contributed by atoms with E-state index in [0.717, 1.165) is 17.7 Å². The molecule has 16 heavy (non-hydrogen) atoms. The van der Waals surface area contributed by atoms with Gasteiger partial charge in [-0.25, -0.2) is 0 Å². The summed E-state index contributed by atoms with van der Waals surface area (Å²) in [6.45, 7) is 2.03. The minimum atomic E-state index is -0.555. The molecule has 88 valence electrons. The van der Waals surface area contributed by atoms with Gasteiger partial charge in [-0.2, -0.15) is 0 Å². The molecule has 0 saturated carbocycles. The summed E-state index contributed by atoms with van der Waals surface area (Å²) >= 11 is 7.04. The average molecular weight is 260 g/mol. The summed E-state index contributed by atoms with van der Waals surface area (Å²) in [7, 11) is 0. The van der Waals surface area contributed by atoms with E-state index < -0.39 is 5.37 Å². The summed E-state index contributed by atoms with van der Waals surface area (Å²) in [5.41, 5.74) is 0. The van der Waals surface area contributed by atoms with Crippen LogP contribution in [0, 0.1) is 10.1 Å². The number of halogens is 1. The molecule has 0 aliphatic carbocycles. The lowest BCUT2D eigenvalue weighted by molar-refractivity contribution is -0.496. The summed E-state index contributed by atoms with van der Waals surface area (Å²) < 4.78 is 0. The second kappa shape index (κ2) is 6.76. The predicted molar refractivity (Wildman–Crippen MR) is 67.6 cm³/mol. The molecule has 3 nitrogen and oxygen atoms in total. The van der Waals surface area contributed by atoms with Crippen molar-refractivity contribution in [2.45, 2.75) is 36.5 Å². The summed E-state index contributed by atoms with van der Waals surface area (Å²) in [6.07, 6.45) is 2.47. The Labute approximate surface area is 104 Å². The molecule has 1 aromatic carbocycles. The monoisotopic (exact) mass is 259 g/mol. The molecule has 0 fully saturated rings. The minimum absolute atomic E-state index is 0.213. The number of hydrogen-bond acceptors (Lipinski definition) is 3. The Kier molecular flexibility index (Phi) is 5.63. The van der Waals surface area contributed by atoms with E-state index in [4.69, 9.17) is 11.6 Å². The molecule has 0 aromatic heterocycles. The summed E-state index contributed by atoms with van der Waals surface area (Å²) in [6, 6.07) is 7.13. The molecule has 1 atom stereocenters. The average Bonchev–Trinajstić information content (AvgIpc) is 2.26. The van der Waals surface area contributed by atoms with Crippen molar-refractivity contribution in [1.29, 1.82) is 0 Å². The minimum Gasteiger partial charge on any atom is -0.263 e. The fourth-order valence-corrected chi connectivity index (χ4v) is 2.36. The van der Waals surface area contributed by atoms with Crippen molar-refractivity contribution in [3.8, 4) is 0 Å². The van der Waals surface area contributed by atoms with Gasteiger partial charge in [0, 0.05) is 21.3 Å². The molecule has 0 saturated heterocycles. The van der Waals surface area contributed by atoms with Gasteiger partial charge in [-0.05, 0) is 42.4 Å². The zero-order chi connectivity index (χ0) is 12.0. The van der Waals surface area contributed by atoms with E-state index >= 15 is 0 Å². The summed E-state index contributed by atoms with van der Waals surface area (Å²) in [5, 5.41) is 10.9. The third-order valence-electron chi connectivity index (χ3n) is 2.13. The molecule has 0 aliphatic rings. The first kappa shape index (κ1) is 13.3. The highest BCUT2D eigenvalue weighted by molar-refractivity contribution is 7.99. The maximum absolute atomic E-state index is 10.8. The summed E-state index contributed by atoms with van der Waals surface area (Å²) in [5.74, 6) is 0. The van der Waals surface area contributed by atoms with Gasteiger partial charge in [-0.15, -0.1) is 0 Å². The predicted octanol–water partition coefficient (Wildman–Crippen LogP) is 4.23. The SMILES string of the molecule is CCCCC(Sc1ccc(Cl)cc1)[N+](=O)[O-]. The van der Waals surface area contributed by atoms with Crippen LogP contribution in [0.25, 0.3) is 0 Å². The van der Waals surface area contributed by atoms with Crippen LogP contribution in [0.2, 0.25) is 5.02 Å². The van der Waals surface area contributed by atoms with Gasteiger partial charge in [0.25, 0.3) is 5.37 Å². The molecule has 0 heterocycles. The van der Waals surface area contributed by atoms with Crippen LogP contribution in [-0.2, 0) is 0 Å². The zero-order valence-corrected chi connectivity index (χ0v) is 10.6. The number of benzene rings is 1. The van der Waals surface area contributed by atoms with Crippen LogP contribution in [0.15, 0.2) is 29.2 Å². The van der Waals surface area contributed by atoms with Crippen molar-refractivity contribution in [3.05, 3.63) is 39.4 Å². The van der Waals surface area contributed by atoms with Gasteiger partial charge in [0.1, 0.15) is 0 Å². The number of hydrogen-bond donors (Lipinski definition) is 0. The quantitative estimate of drug-likeness (QED) is 0.332. The van der Waals surface area contributed by atoms with Crippen molar-refractivity contribution in [2.75, 3.05) is 0 Å². The molecule has 0 radical (unpaired) electrons. The van der Waals surface area contributed by atoms with E-state index in [1.165, 1.54) is 11.8 Å². The summed E-state index contributed by atoms with van der Waals surface area (Å²) in [4.78, 5) is 11.5. The molecule has 0 amide bonds. The van der Waals surface area contributed by atoms with Gasteiger partial charge in [-0.1, -0.05) is 24.9 Å². The fourth-order valence-electron chi connectivity index (χ4n) is 1.26. The molecule has 0 bridgehead atoms. The number of nitro groups is 1. The van der Waals surface area contributed by atoms with Crippen LogP contribution in [0.5, 0.6) is 0 Å². The molecule has 0 spiro atoms. The lowest BCUT2D eigenvalue weighted by Gasteiger charge is -2.08. The van der Waals surface area contributed by atoms with Crippen LogP contribution < -0.4 is 0 Å². The second-order valence-electron chi connectivity index (χ2n) is 3.45. The van der Waals surface area contributed by atoms with Gasteiger partial charge in [0.2, 0.25) is 0 Å². The highest BCUT2D eigenvalue weighted by Crippen LogP contribution is 2.27. The van der Waals surface area contributed by atoms with E-state index in [2.05, 4.69) is 0 Å². The molecule has 0 N–H and O–H groups in total. The van der Waals surface area contributed by atoms with E-state index in [1.807, 2.05) is 19.1 Å². The molecule has 1 unspecified atom stereocenters. The van der Waals surface area contributed by atoms with Crippen LogP contribution >= 0.6 is 23.4 Å². The highest BCUT2D eigenvalue weighted by Gasteiger charge is 2.20. The van der Waals surface area contributed by atoms with Crippen molar-refractivity contribution < 1.29 is 4.92 Å². The number of unbranched alkanes of at least 4 members (excludes halogenated alkanes) is 1. The van der Waals surface area contributed by atoms with Crippen molar-refractivity contribution >= 4 is 23.4 Å². The van der Waals surface area contributed by atoms with E-state index in [0.29, 0.717) is 11.4 Å². The Bertz CT molecular complexity index is 342. The normalized spacial score (nSPS) is 12.4. The van der Waals surface area contributed by atoms with Gasteiger partial charge in [-0.3, -0.25) is 10.1 Å². The Morgan fingerprint density at radius 3 is 2.56 bits per heavy atom. The third kappa shape index (κ3) is 4.41. The first-order chi connectivity index (χ1) is 7.63. The van der Waals surface area contributed by atoms with Crippen LogP contribution in [0.3, 0.4) is 0 Å². The van der Waals surface area contributed by atoms with Crippen LogP contribution in [0.1, 0.15) is 26.2 Å². The molecule has 1 aromatic rings. The Balaban J connectivity index is 2.60. The maximum atomic E-state index is 10.8. The van der Waals surface area contributed by atoms with Crippen molar-refractivity contribution in [2.24, 2.45) is 0 Å². The Hall–Kier alpha value is -0.740. The smallest absolute Gasteiger partial charge is 0.262 e. The van der Waals surface area contributed by atoms with Gasteiger partial charge in [0.15, 0.2) is 0 Å². The van der Waals surface area contributed by atoms with Gasteiger partial charge in [0.05, 0.1) is 0 Å². The van der Waals surface area contributed by atoms with E-state index in [9.17, 15) is 10.1 Å². The topological polar surface area (TPSA) is 43.1 Å². The zero-order valence-electron chi connectivity index (χ0n) is 9.06. The number of thioether (sulfide) groups is 1. The fraction of sp³-hybridized carbons (Fsp3) is 0.455. The van der Waals surface area contributed by atoms with Crippen molar-refractivity contribution in [1.82, 2.24) is 0 Å². The van der Waals surface area contributed by atoms with E-state index in [-0.39, 0.29) is 4.92 Å². The Morgan fingerprint density at radius 2 is 2.06 bits per heavy atom. The third-order valence-corrected chi connectivity index (χ3v) is 3.60. The number of nitrogens with zero attached hydrogens (tertiary/aromatic N) is 1. The lowest BCUT2D eigenvalue weighted by Crippen LogP contribution is -2.14. The second-order valence-corrected chi connectivity index (χ2v) is 5.14. The van der Waals surface area contributed by atoms with Gasteiger partial charge < -0.3 is 0 Å². The molecule has 5 heteroatoms. The van der Waals surface area contributed by atoms with Crippen LogP contribution in [-0.4, -0.2) is 10.3 Å². The molecule has 0 aliphatic heterocycles. The largest absolute Gasteiger partial charge is 0.263 e. The van der Waals surface area contributed by atoms with Crippen molar-refractivity contribution in [3.63, 3.8) is 0 Å². The van der Waals surface area contributed by atoms with Crippen LogP contribution in [0.4, 0.5) is 0 Å². The Morgan fingerprint density at radius 1 is 1.44 bits per heavy atom. The maximum Gasteiger partial charge on any atom is 0.262 e. The number of rotatable bonds is 6. The molecule has 1 rings (SSSR count). The van der Waals surface area contributed by atoms with Gasteiger partial charge >= 0.3 is 0 Å². The molecular weight excluding hydrogens is 246 g/mol. The first-order valence-electron chi connectivity index (χ1n) is 5.19. The highest BCUT2D eigenvalue weighted by atomic mass is 35.5. The molecular formula is C11H14ClNO2S. The lowest BCUT2D eigenvalue weighted by atomic mass is 10.2.